The summed E-state index contributed by atoms with van der Waals surface area (Å²) in [6.07, 6.45) is 1.48. The van der Waals surface area contributed by atoms with Gasteiger partial charge in [0.15, 0.2) is 0 Å². The molecule has 1 aromatic heterocycles. The maximum atomic E-state index is 11.5. The van der Waals surface area contributed by atoms with E-state index in [9.17, 15) is 4.79 Å². The third-order valence-corrected chi connectivity index (χ3v) is 3.46. The second kappa shape index (κ2) is 5.85. The van der Waals surface area contributed by atoms with Gasteiger partial charge < -0.3 is 4.74 Å². The van der Waals surface area contributed by atoms with Gasteiger partial charge in [-0.25, -0.2) is 4.68 Å². The van der Waals surface area contributed by atoms with Crippen LogP contribution in [-0.2, 0) is 0 Å². The molecule has 0 amide bonds. The lowest BCUT2D eigenvalue weighted by molar-refractivity contribution is 0.108. The maximum absolute atomic E-state index is 11.5. The largest absolute Gasteiger partial charge is 0.495 e. The van der Waals surface area contributed by atoms with E-state index in [4.69, 9.17) is 27.9 Å². The van der Waals surface area contributed by atoms with E-state index in [2.05, 4.69) is 5.10 Å². The zero-order chi connectivity index (χ0) is 14.9. The SMILES string of the molecule is COc1cc(-n2ncc(C(=O)Cl)c2C(C)C)ccc1Cl. The normalized spacial score (nSPS) is 10.9. The fraction of sp³-hybridized carbons (Fsp3) is 0.286. The minimum atomic E-state index is -0.513. The van der Waals surface area contributed by atoms with Crippen LogP contribution >= 0.6 is 23.2 Å². The van der Waals surface area contributed by atoms with E-state index in [1.165, 1.54) is 6.20 Å². The Balaban J connectivity index is 2.61. The van der Waals surface area contributed by atoms with Crippen molar-refractivity contribution in [1.29, 1.82) is 0 Å². The molecule has 1 aromatic carbocycles. The molecule has 0 bridgehead atoms. The fourth-order valence-corrected chi connectivity index (χ4v) is 2.39. The summed E-state index contributed by atoms with van der Waals surface area (Å²) in [4.78, 5) is 11.5. The first-order valence-electron chi connectivity index (χ1n) is 6.07. The van der Waals surface area contributed by atoms with Crippen molar-refractivity contribution < 1.29 is 9.53 Å². The van der Waals surface area contributed by atoms with Crippen molar-refractivity contribution in [3.63, 3.8) is 0 Å². The van der Waals surface area contributed by atoms with Gasteiger partial charge in [-0.05, 0) is 29.7 Å². The molecule has 4 nitrogen and oxygen atoms in total. The molecule has 0 aliphatic heterocycles. The van der Waals surface area contributed by atoms with Crippen LogP contribution in [0.2, 0.25) is 5.02 Å². The lowest BCUT2D eigenvalue weighted by Crippen LogP contribution is -2.07. The van der Waals surface area contributed by atoms with Crippen LogP contribution in [0.1, 0.15) is 35.8 Å². The van der Waals surface area contributed by atoms with Crippen molar-refractivity contribution in [2.24, 2.45) is 0 Å². The maximum Gasteiger partial charge on any atom is 0.255 e. The second-order valence-corrected chi connectivity index (χ2v) is 5.35. The number of methoxy groups -OCH3 is 1. The first-order valence-corrected chi connectivity index (χ1v) is 6.83. The number of hydrogen-bond acceptors (Lipinski definition) is 3. The molecular weight excluding hydrogens is 299 g/mol. The molecule has 20 heavy (non-hydrogen) atoms. The summed E-state index contributed by atoms with van der Waals surface area (Å²) >= 11 is 11.6. The molecule has 0 atom stereocenters. The van der Waals surface area contributed by atoms with Gasteiger partial charge in [0, 0.05) is 6.07 Å². The number of halogens is 2. The monoisotopic (exact) mass is 312 g/mol. The predicted octanol–water partition coefficient (Wildman–Crippen LogP) is 4.04. The Morgan fingerprint density at radius 3 is 2.65 bits per heavy atom. The van der Waals surface area contributed by atoms with Crippen molar-refractivity contribution in [1.82, 2.24) is 9.78 Å². The number of benzene rings is 1. The molecule has 0 saturated heterocycles. The van der Waals surface area contributed by atoms with Gasteiger partial charge in [0.25, 0.3) is 5.24 Å². The Hall–Kier alpha value is -1.52. The Morgan fingerprint density at radius 1 is 1.40 bits per heavy atom. The first kappa shape index (κ1) is 14.9. The van der Waals surface area contributed by atoms with E-state index < -0.39 is 5.24 Å². The molecule has 6 heteroatoms. The average Bonchev–Trinajstić information content (AvgIpc) is 2.84. The van der Waals surface area contributed by atoms with Crippen molar-refractivity contribution >= 4 is 28.4 Å². The van der Waals surface area contributed by atoms with Gasteiger partial charge in [0.05, 0.1) is 35.3 Å². The predicted molar refractivity (Wildman–Crippen MR) is 79.4 cm³/mol. The summed E-state index contributed by atoms with van der Waals surface area (Å²) < 4.78 is 6.88. The lowest BCUT2D eigenvalue weighted by atomic mass is 10.1. The third-order valence-electron chi connectivity index (χ3n) is 2.94. The highest BCUT2D eigenvalue weighted by atomic mass is 35.5. The van der Waals surface area contributed by atoms with Crippen molar-refractivity contribution in [2.75, 3.05) is 7.11 Å². The van der Waals surface area contributed by atoms with Gasteiger partial charge in [0.1, 0.15) is 5.75 Å². The number of carbonyl (C=O) groups is 1. The van der Waals surface area contributed by atoms with Gasteiger partial charge in [-0.1, -0.05) is 25.4 Å². The molecule has 0 spiro atoms. The van der Waals surface area contributed by atoms with Gasteiger partial charge >= 0.3 is 0 Å². The highest BCUT2D eigenvalue weighted by Gasteiger charge is 2.20. The minimum absolute atomic E-state index is 0.0943. The fourth-order valence-electron chi connectivity index (χ4n) is 2.05. The number of aromatic nitrogens is 2. The number of nitrogens with zero attached hydrogens (tertiary/aromatic N) is 2. The van der Waals surface area contributed by atoms with E-state index in [0.717, 1.165) is 11.4 Å². The first-order chi connectivity index (χ1) is 9.45. The highest BCUT2D eigenvalue weighted by Crippen LogP contribution is 2.29. The van der Waals surface area contributed by atoms with Crippen LogP contribution in [-0.4, -0.2) is 22.1 Å². The van der Waals surface area contributed by atoms with E-state index in [0.29, 0.717) is 16.3 Å². The molecule has 0 radical (unpaired) electrons. The third kappa shape index (κ3) is 2.67. The topological polar surface area (TPSA) is 44.1 Å². The Morgan fingerprint density at radius 2 is 2.10 bits per heavy atom. The quantitative estimate of drug-likeness (QED) is 0.800. The zero-order valence-electron chi connectivity index (χ0n) is 11.4. The van der Waals surface area contributed by atoms with Crippen LogP contribution in [0.5, 0.6) is 5.75 Å². The highest BCUT2D eigenvalue weighted by molar-refractivity contribution is 6.67. The van der Waals surface area contributed by atoms with Crippen molar-refractivity contribution in [3.05, 3.63) is 40.7 Å². The molecule has 0 saturated carbocycles. The Kier molecular flexibility index (Phi) is 4.35. The molecule has 0 aliphatic carbocycles. The van der Waals surface area contributed by atoms with Crippen LogP contribution in [0.4, 0.5) is 0 Å². The van der Waals surface area contributed by atoms with Gasteiger partial charge in [0.2, 0.25) is 0 Å². The standard InChI is InChI=1S/C14H14Cl2N2O2/c1-8(2)13-10(14(16)19)7-17-18(13)9-4-5-11(15)12(6-9)20-3/h4-8H,1-3H3. The van der Waals surface area contributed by atoms with Gasteiger partial charge in [-0.2, -0.15) is 5.10 Å². The number of ether oxygens (including phenoxy) is 1. The smallest absolute Gasteiger partial charge is 0.255 e. The minimum Gasteiger partial charge on any atom is -0.495 e. The zero-order valence-corrected chi connectivity index (χ0v) is 12.9. The van der Waals surface area contributed by atoms with Crippen LogP contribution in [0.3, 0.4) is 0 Å². The van der Waals surface area contributed by atoms with E-state index in [1.54, 1.807) is 23.9 Å². The summed E-state index contributed by atoms with van der Waals surface area (Å²) in [7, 11) is 1.55. The summed E-state index contributed by atoms with van der Waals surface area (Å²) in [5.41, 5.74) is 1.93. The number of hydrogen-bond donors (Lipinski definition) is 0. The molecule has 2 rings (SSSR count). The summed E-state index contributed by atoms with van der Waals surface area (Å²) in [5.74, 6) is 0.644. The molecule has 106 valence electrons. The van der Waals surface area contributed by atoms with Gasteiger partial charge in [-0.3, -0.25) is 4.79 Å². The van der Waals surface area contributed by atoms with E-state index in [-0.39, 0.29) is 5.92 Å². The van der Waals surface area contributed by atoms with Crippen molar-refractivity contribution in [3.8, 4) is 11.4 Å². The van der Waals surface area contributed by atoms with Gasteiger partial charge in [-0.15, -0.1) is 0 Å². The summed E-state index contributed by atoms with van der Waals surface area (Å²) in [6, 6.07) is 5.31. The molecule has 0 N–H and O–H groups in total. The van der Waals surface area contributed by atoms with Crippen LogP contribution in [0.25, 0.3) is 5.69 Å². The molecular formula is C14H14Cl2N2O2. The van der Waals surface area contributed by atoms with E-state index in [1.807, 2.05) is 19.9 Å². The van der Waals surface area contributed by atoms with Crippen molar-refractivity contribution in [2.45, 2.75) is 19.8 Å². The van der Waals surface area contributed by atoms with E-state index >= 15 is 0 Å². The Bertz CT molecular complexity index is 651. The summed E-state index contributed by atoms with van der Waals surface area (Å²) in [6.45, 7) is 3.95. The number of rotatable bonds is 4. The van der Waals surface area contributed by atoms with Crippen LogP contribution < -0.4 is 4.74 Å². The second-order valence-electron chi connectivity index (χ2n) is 4.60. The molecule has 2 aromatic rings. The average molecular weight is 313 g/mol. The van der Waals surface area contributed by atoms with Crippen LogP contribution in [0.15, 0.2) is 24.4 Å². The summed E-state index contributed by atoms with van der Waals surface area (Å²) in [5, 5.41) is 4.25. The lowest BCUT2D eigenvalue weighted by Gasteiger charge is -2.13. The number of carbonyl (C=O) groups excluding carboxylic acids is 1. The molecule has 0 aliphatic rings. The molecule has 0 fully saturated rings. The molecule has 0 unspecified atom stereocenters. The molecule has 1 heterocycles. The Labute approximate surface area is 127 Å². The van der Waals surface area contributed by atoms with Crippen LogP contribution in [0, 0.1) is 0 Å².